The standard InChI is InChI=1S/C12H11Si.2C9H7.2CH3O.Zr/c1-3-7-11(8-4-1)13-12-9-5-2-6-10-12;2*1-2-5-9-7-3-6-8(9)4-1;2*1-2;/h1-10,13H;2*1-7H;2*1H3;/q;;;2*-1;+2. The third kappa shape index (κ3) is 5.38. The molecule has 2 atom stereocenters. The van der Waals surface area contributed by atoms with Gasteiger partial charge in [0.15, 0.2) is 0 Å². The van der Waals surface area contributed by atoms with Crippen molar-refractivity contribution in [3.63, 3.8) is 0 Å². The van der Waals surface area contributed by atoms with Gasteiger partial charge < -0.3 is 10.2 Å². The average molecular weight is 567 g/mol. The van der Waals surface area contributed by atoms with Crippen LogP contribution in [0.3, 0.4) is 0 Å². The smallest absolute Gasteiger partial charge is 0.153 e. The Morgan fingerprint density at radius 1 is 0.500 bits per heavy atom. The van der Waals surface area contributed by atoms with Gasteiger partial charge in [-0.1, -0.05) is 0 Å². The molecule has 2 aliphatic carbocycles. The minimum atomic E-state index is -2.22. The van der Waals surface area contributed by atoms with Crippen molar-refractivity contribution in [2.45, 2.75) is 7.25 Å². The summed E-state index contributed by atoms with van der Waals surface area (Å²) in [6.07, 6.45) is 9.93. The average Bonchev–Trinajstić information content (AvgIpc) is 3.60. The fourth-order valence-electron chi connectivity index (χ4n) is 5.50. The summed E-state index contributed by atoms with van der Waals surface area (Å²) < 4.78 is 1.23. The molecule has 4 aromatic rings. The van der Waals surface area contributed by atoms with Crippen LogP contribution >= 0.6 is 0 Å². The maximum Gasteiger partial charge on any atom is -0.153 e. The van der Waals surface area contributed by atoms with Gasteiger partial charge in [-0.25, -0.2) is 0 Å². The van der Waals surface area contributed by atoms with Crippen molar-refractivity contribution in [1.29, 1.82) is 0 Å². The summed E-state index contributed by atoms with van der Waals surface area (Å²) in [4.78, 5) is 0. The molecule has 2 nitrogen and oxygen atoms in total. The van der Waals surface area contributed by atoms with Crippen molar-refractivity contribution in [3.8, 4) is 0 Å². The number of hydrogen-bond donors (Lipinski definition) is 0. The van der Waals surface area contributed by atoms with Crippen molar-refractivity contribution in [3.05, 3.63) is 144 Å². The summed E-state index contributed by atoms with van der Waals surface area (Å²) in [5.74, 6) is -1.40. The molecule has 0 heterocycles. The molecule has 2 unspecified atom stereocenters. The van der Waals surface area contributed by atoms with E-state index < -0.39 is 26.8 Å². The van der Waals surface area contributed by atoms with Crippen LogP contribution in [0, 0.1) is 0 Å². The van der Waals surface area contributed by atoms with Gasteiger partial charge >= 0.3 is 200 Å². The third-order valence-corrected chi connectivity index (χ3v) is 29.8. The van der Waals surface area contributed by atoms with Crippen LogP contribution in [0.5, 0.6) is 0 Å². The van der Waals surface area contributed by atoms with Gasteiger partial charge in [-0.2, -0.15) is 14.2 Å². The zero-order valence-electron chi connectivity index (χ0n) is 20.8. The van der Waals surface area contributed by atoms with Crippen LogP contribution in [-0.4, -0.2) is 20.1 Å². The molecule has 6 rings (SSSR count). The first-order valence-corrected chi connectivity index (χ1v) is 21.1. The summed E-state index contributed by atoms with van der Waals surface area (Å²) in [7, 11) is 1.50. The minimum absolute atomic E-state index is 0.617. The molecule has 0 aromatic heterocycles. The van der Waals surface area contributed by atoms with Gasteiger partial charge in [0.05, 0.1) is 0 Å². The van der Waals surface area contributed by atoms with Crippen LogP contribution in [0.15, 0.2) is 121 Å². The molecule has 4 heteroatoms. The van der Waals surface area contributed by atoms with E-state index in [0.29, 0.717) is 7.25 Å². The number of hydrogen-bond acceptors (Lipinski definition) is 2. The number of fused-ring (bicyclic) bond motifs is 2. The summed E-state index contributed by atoms with van der Waals surface area (Å²) >= 11 is -2.22. The van der Waals surface area contributed by atoms with Crippen LogP contribution in [0.25, 0.3) is 12.2 Å². The second kappa shape index (κ2) is 13.1. The first kappa shape index (κ1) is 26.4. The van der Waals surface area contributed by atoms with E-state index in [2.05, 4.69) is 133 Å². The molecule has 2 aliphatic rings. The van der Waals surface area contributed by atoms with E-state index >= 15 is 0 Å². The molecule has 0 amide bonds. The van der Waals surface area contributed by atoms with Crippen molar-refractivity contribution < 1.29 is 31.1 Å². The van der Waals surface area contributed by atoms with E-state index in [-0.39, 0.29) is 0 Å². The molecular weight excluding hydrogens is 536 g/mol. The molecule has 0 N–H and O–H groups in total. The van der Waals surface area contributed by atoms with Gasteiger partial charge in [-0.05, 0) is 0 Å². The molecule has 179 valence electrons. The third-order valence-electron chi connectivity index (χ3n) is 6.92. The predicted octanol–water partition coefficient (Wildman–Crippen LogP) is 3.63. The molecule has 0 saturated heterocycles. The van der Waals surface area contributed by atoms with Gasteiger partial charge in [0.25, 0.3) is 0 Å². The van der Waals surface area contributed by atoms with E-state index in [1.807, 2.05) is 0 Å². The minimum Gasteiger partial charge on any atom is -0.857 e. The van der Waals surface area contributed by atoms with Crippen molar-refractivity contribution in [1.82, 2.24) is 0 Å². The molecule has 4 aromatic carbocycles. The number of allylic oxidation sites excluding steroid dienone is 2. The Kier molecular flexibility index (Phi) is 9.60. The first-order valence-electron chi connectivity index (χ1n) is 12.2. The molecule has 0 fully saturated rings. The fraction of sp³-hybridized carbons (Fsp3) is 0.125. The Hall–Kier alpha value is -2.62. The Morgan fingerprint density at radius 2 is 0.861 bits per heavy atom. The van der Waals surface area contributed by atoms with Gasteiger partial charge in [0.2, 0.25) is 0 Å². The number of benzene rings is 4. The maximum absolute atomic E-state index is 8.25. The quantitative estimate of drug-likeness (QED) is 0.347. The van der Waals surface area contributed by atoms with Gasteiger partial charge in [-0.3, -0.25) is 0 Å². The largest absolute Gasteiger partial charge is 0.857 e. The molecular formula is C32H31O2SiZr. The van der Waals surface area contributed by atoms with Crippen molar-refractivity contribution in [2.75, 3.05) is 14.2 Å². The van der Waals surface area contributed by atoms with Gasteiger partial charge in [-0.15, -0.1) is 0 Å². The zero-order chi connectivity index (χ0) is 25.3. The van der Waals surface area contributed by atoms with Crippen LogP contribution in [0.1, 0.15) is 29.5 Å². The molecule has 0 aliphatic heterocycles. The molecule has 0 spiro atoms. The van der Waals surface area contributed by atoms with E-state index in [1.54, 1.807) is 21.5 Å². The molecule has 36 heavy (non-hydrogen) atoms. The second-order valence-corrected chi connectivity index (χ2v) is 24.6. The maximum atomic E-state index is 8.25. The van der Waals surface area contributed by atoms with Crippen molar-refractivity contribution in [2.24, 2.45) is 0 Å². The fourth-order valence-corrected chi connectivity index (χ4v) is 31.4. The predicted molar refractivity (Wildman–Crippen MR) is 148 cm³/mol. The zero-order valence-corrected chi connectivity index (χ0v) is 24.4. The Balaban J connectivity index is 0.000000726. The first-order chi connectivity index (χ1) is 17.9. The Bertz CT molecular complexity index is 1200. The number of rotatable bonds is 5. The van der Waals surface area contributed by atoms with E-state index in [9.17, 15) is 0 Å². The van der Waals surface area contributed by atoms with E-state index in [1.165, 1.54) is 11.1 Å². The van der Waals surface area contributed by atoms with Crippen LogP contribution in [-0.2, 0) is 20.9 Å². The van der Waals surface area contributed by atoms with E-state index in [4.69, 9.17) is 10.2 Å². The Morgan fingerprint density at radius 3 is 1.28 bits per heavy atom. The van der Waals surface area contributed by atoms with Crippen LogP contribution in [0.4, 0.5) is 0 Å². The van der Waals surface area contributed by atoms with Crippen LogP contribution in [0.2, 0.25) is 0 Å². The topological polar surface area (TPSA) is 46.1 Å². The molecule has 0 bridgehead atoms. The monoisotopic (exact) mass is 565 g/mol. The van der Waals surface area contributed by atoms with Crippen LogP contribution < -0.4 is 20.6 Å². The normalized spacial score (nSPS) is 16.4. The SMILES string of the molecule is C1=C[CH]([Zr+2]([CH]2C=Cc3ccccc32)[SiH](c2ccccc2)c2ccccc2)c2ccccc21.C[O-].C[O-]. The second-order valence-electron chi connectivity index (χ2n) is 8.69. The van der Waals surface area contributed by atoms with Crippen molar-refractivity contribution >= 4 is 28.4 Å². The van der Waals surface area contributed by atoms with Gasteiger partial charge in [0, 0.05) is 0 Å². The van der Waals surface area contributed by atoms with E-state index in [0.717, 1.165) is 14.2 Å². The molecule has 0 radical (unpaired) electrons. The summed E-state index contributed by atoms with van der Waals surface area (Å²) in [5.41, 5.74) is 6.01. The van der Waals surface area contributed by atoms with Gasteiger partial charge in [0.1, 0.15) is 0 Å². The summed E-state index contributed by atoms with van der Waals surface area (Å²) in [6, 6.07) is 41.2. The summed E-state index contributed by atoms with van der Waals surface area (Å²) in [6.45, 7) is 0. The summed E-state index contributed by atoms with van der Waals surface area (Å²) in [5, 5.41) is 19.7. The molecule has 0 saturated carbocycles. The Labute approximate surface area is 223 Å².